The van der Waals surface area contributed by atoms with Gasteiger partial charge in [0.1, 0.15) is 12.4 Å². The summed E-state index contributed by atoms with van der Waals surface area (Å²) in [4.78, 5) is 11.1. The van der Waals surface area contributed by atoms with Crippen LogP contribution < -0.4 is 9.47 Å². The molecule has 2 aromatic carbocycles. The first-order valence-corrected chi connectivity index (χ1v) is 7.22. The Morgan fingerprint density at radius 3 is 2.71 bits per heavy atom. The Labute approximate surface area is 130 Å². The SMILES string of the molecule is CCOc1cccc(C=O)c1OCc1ccc(F)c(Br)c1. The zero-order valence-electron chi connectivity index (χ0n) is 11.4. The van der Waals surface area contributed by atoms with E-state index in [0.29, 0.717) is 28.1 Å². The van der Waals surface area contributed by atoms with E-state index in [9.17, 15) is 9.18 Å². The zero-order chi connectivity index (χ0) is 15.2. The highest BCUT2D eigenvalue weighted by Gasteiger charge is 2.11. The third-order valence-electron chi connectivity index (χ3n) is 2.80. The molecular weight excluding hydrogens is 339 g/mol. The summed E-state index contributed by atoms with van der Waals surface area (Å²) in [6.07, 6.45) is 0.721. The van der Waals surface area contributed by atoms with Crippen LogP contribution in [-0.4, -0.2) is 12.9 Å². The first-order valence-electron chi connectivity index (χ1n) is 6.43. The van der Waals surface area contributed by atoms with Crippen LogP contribution in [0.15, 0.2) is 40.9 Å². The molecule has 0 fully saturated rings. The minimum Gasteiger partial charge on any atom is -0.490 e. The van der Waals surface area contributed by atoms with Gasteiger partial charge in [0, 0.05) is 0 Å². The fourth-order valence-corrected chi connectivity index (χ4v) is 2.26. The average Bonchev–Trinajstić information content (AvgIpc) is 2.49. The van der Waals surface area contributed by atoms with Gasteiger partial charge in [0.15, 0.2) is 17.8 Å². The van der Waals surface area contributed by atoms with Gasteiger partial charge >= 0.3 is 0 Å². The van der Waals surface area contributed by atoms with Gasteiger partial charge in [-0.3, -0.25) is 4.79 Å². The standard InChI is InChI=1S/C16H14BrFO3/c1-2-20-15-5-3-4-12(9-19)16(15)21-10-11-6-7-14(18)13(17)8-11/h3-9H,2,10H2,1H3. The summed E-state index contributed by atoms with van der Waals surface area (Å²) in [6.45, 7) is 2.54. The van der Waals surface area contributed by atoms with Gasteiger partial charge in [-0.25, -0.2) is 4.39 Å². The van der Waals surface area contributed by atoms with Crippen molar-refractivity contribution in [1.82, 2.24) is 0 Å². The van der Waals surface area contributed by atoms with Crippen LogP contribution >= 0.6 is 15.9 Å². The number of carbonyl (C=O) groups is 1. The molecule has 0 aliphatic heterocycles. The number of para-hydroxylation sites is 1. The molecule has 3 nitrogen and oxygen atoms in total. The van der Waals surface area contributed by atoms with Crippen LogP contribution in [0.4, 0.5) is 4.39 Å². The largest absolute Gasteiger partial charge is 0.490 e. The number of carbonyl (C=O) groups excluding carboxylic acids is 1. The molecule has 0 saturated carbocycles. The average molecular weight is 353 g/mol. The highest BCUT2D eigenvalue weighted by molar-refractivity contribution is 9.10. The molecule has 5 heteroatoms. The van der Waals surface area contributed by atoms with Crippen LogP contribution in [-0.2, 0) is 6.61 Å². The van der Waals surface area contributed by atoms with E-state index in [1.54, 1.807) is 30.3 Å². The summed E-state index contributed by atoms with van der Waals surface area (Å²) in [5.74, 6) is 0.583. The third kappa shape index (κ3) is 3.82. The molecule has 0 aliphatic rings. The second-order valence-electron chi connectivity index (χ2n) is 4.26. The topological polar surface area (TPSA) is 35.5 Å². The van der Waals surface area contributed by atoms with Crippen molar-refractivity contribution in [3.8, 4) is 11.5 Å². The van der Waals surface area contributed by atoms with E-state index >= 15 is 0 Å². The number of halogens is 2. The molecule has 0 saturated heterocycles. The lowest BCUT2D eigenvalue weighted by atomic mass is 10.2. The van der Waals surface area contributed by atoms with Crippen molar-refractivity contribution in [1.29, 1.82) is 0 Å². The molecule has 0 bridgehead atoms. The molecule has 0 atom stereocenters. The van der Waals surface area contributed by atoms with Crippen LogP contribution in [0.25, 0.3) is 0 Å². The predicted molar refractivity (Wildman–Crippen MR) is 81.4 cm³/mol. The van der Waals surface area contributed by atoms with Crippen LogP contribution in [0.5, 0.6) is 11.5 Å². The van der Waals surface area contributed by atoms with Gasteiger partial charge in [-0.1, -0.05) is 12.1 Å². The second-order valence-corrected chi connectivity index (χ2v) is 5.12. The van der Waals surface area contributed by atoms with Crippen molar-refractivity contribution in [2.75, 3.05) is 6.61 Å². The molecule has 0 N–H and O–H groups in total. The van der Waals surface area contributed by atoms with E-state index in [-0.39, 0.29) is 12.4 Å². The van der Waals surface area contributed by atoms with E-state index in [0.717, 1.165) is 11.8 Å². The van der Waals surface area contributed by atoms with Crippen molar-refractivity contribution in [3.63, 3.8) is 0 Å². The summed E-state index contributed by atoms with van der Waals surface area (Å²) in [5.41, 5.74) is 1.20. The molecule has 2 aromatic rings. The van der Waals surface area contributed by atoms with Gasteiger partial charge in [0.2, 0.25) is 0 Å². The van der Waals surface area contributed by atoms with Crippen molar-refractivity contribution in [2.45, 2.75) is 13.5 Å². The Kier molecular flexibility index (Phi) is 5.33. The molecule has 2 rings (SSSR count). The van der Waals surface area contributed by atoms with E-state index in [1.807, 2.05) is 6.92 Å². The molecule has 0 heterocycles. The first kappa shape index (κ1) is 15.5. The zero-order valence-corrected chi connectivity index (χ0v) is 13.0. The number of ether oxygens (including phenoxy) is 2. The minimum atomic E-state index is -0.331. The number of hydrogen-bond acceptors (Lipinski definition) is 3. The predicted octanol–water partition coefficient (Wildman–Crippen LogP) is 4.38. The van der Waals surface area contributed by atoms with E-state index < -0.39 is 0 Å². The maximum absolute atomic E-state index is 13.2. The maximum Gasteiger partial charge on any atom is 0.172 e. The lowest BCUT2D eigenvalue weighted by Gasteiger charge is -2.13. The fraction of sp³-hybridized carbons (Fsp3) is 0.188. The molecule has 0 spiro atoms. The van der Waals surface area contributed by atoms with Gasteiger partial charge in [-0.15, -0.1) is 0 Å². The summed E-state index contributed by atoms with van der Waals surface area (Å²) in [7, 11) is 0. The van der Waals surface area contributed by atoms with Gasteiger partial charge in [0.05, 0.1) is 16.6 Å². The van der Waals surface area contributed by atoms with Crippen LogP contribution in [0.3, 0.4) is 0 Å². The highest BCUT2D eigenvalue weighted by atomic mass is 79.9. The van der Waals surface area contributed by atoms with E-state index in [2.05, 4.69) is 15.9 Å². The van der Waals surface area contributed by atoms with E-state index in [4.69, 9.17) is 9.47 Å². The molecule has 0 radical (unpaired) electrons. The fourth-order valence-electron chi connectivity index (χ4n) is 1.83. The molecule has 110 valence electrons. The molecule has 0 aliphatic carbocycles. The smallest absolute Gasteiger partial charge is 0.172 e. The molecule has 0 amide bonds. The van der Waals surface area contributed by atoms with Gasteiger partial charge in [0.25, 0.3) is 0 Å². The number of benzene rings is 2. The van der Waals surface area contributed by atoms with E-state index in [1.165, 1.54) is 6.07 Å². The van der Waals surface area contributed by atoms with Gasteiger partial charge < -0.3 is 9.47 Å². The summed E-state index contributed by atoms with van der Waals surface area (Å²) in [6, 6.07) is 9.76. The Morgan fingerprint density at radius 1 is 1.24 bits per heavy atom. The van der Waals surface area contributed by atoms with Crippen molar-refractivity contribution in [3.05, 3.63) is 57.8 Å². The maximum atomic E-state index is 13.2. The normalized spacial score (nSPS) is 10.2. The van der Waals surface area contributed by atoms with Crippen LogP contribution in [0.2, 0.25) is 0 Å². The molecular formula is C16H14BrFO3. The lowest BCUT2D eigenvalue weighted by Crippen LogP contribution is -2.02. The van der Waals surface area contributed by atoms with Gasteiger partial charge in [-0.05, 0) is 52.7 Å². The summed E-state index contributed by atoms with van der Waals surface area (Å²) >= 11 is 3.13. The van der Waals surface area contributed by atoms with Crippen molar-refractivity contribution < 1.29 is 18.7 Å². The van der Waals surface area contributed by atoms with Gasteiger partial charge in [-0.2, -0.15) is 0 Å². The van der Waals surface area contributed by atoms with Crippen LogP contribution in [0.1, 0.15) is 22.8 Å². The highest BCUT2D eigenvalue weighted by Crippen LogP contribution is 2.31. The van der Waals surface area contributed by atoms with Crippen LogP contribution in [0, 0.1) is 5.82 Å². The van der Waals surface area contributed by atoms with Crippen molar-refractivity contribution >= 4 is 22.2 Å². The molecule has 0 unspecified atom stereocenters. The second kappa shape index (κ2) is 7.22. The Balaban J connectivity index is 2.21. The number of aldehydes is 1. The lowest BCUT2D eigenvalue weighted by molar-refractivity contribution is 0.111. The summed E-state index contributed by atoms with van der Waals surface area (Å²) < 4.78 is 24.7. The first-order chi connectivity index (χ1) is 10.2. The summed E-state index contributed by atoms with van der Waals surface area (Å²) in [5, 5.41) is 0. The minimum absolute atomic E-state index is 0.212. The Hall–Kier alpha value is -1.88. The van der Waals surface area contributed by atoms with Crippen molar-refractivity contribution in [2.24, 2.45) is 0 Å². The quantitative estimate of drug-likeness (QED) is 0.723. The Bertz CT molecular complexity index is 643. The third-order valence-corrected chi connectivity index (χ3v) is 3.41. The molecule has 0 aromatic heterocycles. The monoisotopic (exact) mass is 352 g/mol. The molecule has 21 heavy (non-hydrogen) atoms. The Morgan fingerprint density at radius 2 is 2.05 bits per heavy atom. The number of rotatable bonds is 6. The number of hydrogen-bond donors (Lipinski definition) is 0.